The van der Waals surface area contributed by atoms with Crippen molar-refractivity contribution in [3.63, 3.8) is 0 Å². The third-order valence-electron chi connectivity index (χ3n) is 7.80. The molecule has 3 aliphatic heterocycles. The lowest BCUT2D eigenvalue weighted by molar-refractivity contribution is -0.899. The van der Waals surface area contributed by atoms with Crippen LogP contribution in [0.15, 0.2) is 12.1 Å². The smallest absolute Gasteiger partial charge is 0.206 e. The number of fused-ring (bicyclic) bond motifs is 1. The number of rotatable bonds is 1. The molecule has 2 aliphatic carbocycles. The standard InChI is InChI=1S/C20H25NO5/c1-21(22)8-7-19-13-5-6-20(24-9-10-25-20)18(19)26-17-15(23-2)4-3-12(16(17)19)11-14(13)21/h3-4,13-14,18H,5-11H2,1-2H3/t13?,14-,18-,19+,21?/m1/s1. The second-order valence-electron chi connectivity index (χ2n) is 8.74. The van der Waals surface area contributed by atoms with E-state index in [0.717, 1.165) is 37.2 Å². The highest BCUT2D eigenvalue weighted by Crippen LogP contribution is 2.67. The monoisotopic (exact) mass is 359 g/mol. The first-order valence-electron chi connectivity index (χ1n) is 9.73. The van der Waals surface area contributed by atoms with Crippen LogP contribution in [0.25, 0.3) is 0 Å². The van der Waals surface area contributed by atoms with Gasteiger partial charge in [0.15, 0.2) is 17.6 Å². The Morgan fingerprint density at radius 1 is 1.23 bits per heavy atom. The lowest BCUT2D eigenvalue weighted by Gasteiger charge is -2.64. The molecule has 2 unspecified atom stereocenters. The maximum atomic E-state index is 13.3. The lowest BCUT2D eigenvalue weighted by atomic mass is 9.50. The van der Waals surface area contributed by atoms with Crippen molar-refractivity contribution in [3.8, 4) is 11.5 Å². The molecular formula is C20H25NO5. The van der Waals surface area contributed by atoms with Gasteiger partial charge in [0.2, 0.25) is 5.79 Å². The summed E-state index contributed by atoms with van der Waals surface area (Å²) in [6, 6.07) is 4.20. The summed E-state index contributed by atoms with van der Waals surface area (Å²) in [7, 11) is 3.54. The summed E-state index contributed by atoms with van der Waals surface area (Å²) < 4.78 is 24.5. The molecule has 2 bridgehead atoms. The van der Waals surface area contributed by atoms with Crippen LogP contribution >= 0.6 is 0 Å². The van der Waals surface area contributed by atoms with Crippen molar-refractivity contribution in [3.05, 3.63) is 28.5 Å². The average molecular weight is 359 g/mol. The summed E-state index contributed by atoms with van der Waals surface area (Å²) in [5, 5.41) is 13.3. The van der Waals surface area contributed by atoms with Gasteiger partial charge < -0.3 is 28.8 Å². The molecule has 6 rings (SSSR count). The first-order chi connectivity index (χ1) is 12.5. The van der Waals surface area contributed by atoms with Gasteiger partial charge in [0.25, 0.3) is 0 Å². The third kappa shape index (κ3) is 1.59. The Bertz CT molecular complexity index is 787. The van der Waals surface area contributed by atoms with E-state index >= 15 is 0 Å². The van der Waals surface area contributed by atoms with Gasteiger partial charge in [-0.2, -0.15) is 0 Å². The number of hydrogen-bond donors (Lipinski definition) is 0. The third-order valence-corrected chi connectivity index (χ3v) is 7.80. The highest BCUT2D eigenvalue weighted by atomic mass is 16.8. The van der Waals surface area contributed by atoms with Gasteiger partial charge in [0.1, 0.15) is 0 Å². The maximum absolute atomic E-state index is 13.3. The van der Waals surface area contributed by atoms with Crippen LogP contribution in [0.1, 0.15) is 30.4 Å². The quantitative estimate of drug-likeness (QED) is 0.568. The number of benzene rings is 1. The molecule has 3 fully saturated rings. The summed E-state index contributed by atoms with van der Waals surface area (Å²) in [6.45, 7) is 1.84. The molecule has 0 aromatic heterocycles. The first kappa shape index (κ1) is 15.7. The van der Waals surface area contributed by atoms with Crippen molar-refractivity contribution in [1.29, 1.82) is 0 Å². The molecule has 2 spiro atoms. The number of likely N-dealkylation sites (N-methyl/N-ethyl adjacent to an activating group) is 1. The number of hydrogen-bond acceptors (Lipinski definition) is 5. The molecule has 1 aromatic carbocycles. The highest BCUT2D eigenvalue weighted by Gasteiger charge is 2.73. The van der Waals surface area contributed by atoms with E-state index in [1.807, 2.05) is 13.1 Å². The van der Waals surface area contributed by atoms with Crippen molar-refractivity contribution in [2.75, 3.05) is 33.9 Å². The van der Waals surface area contributed by atoms with E-state index in [9.17, 15) is 5.21 Å². The largest absolute Gasteiger partial charge is 0.633 e. The Kier molecular flexibility index (Phi) is 2.86. The predicted molar refractivity (Wildman–Crippen MR) is 93.0 cm³/mol. The summed E-state index contributed by atoms with van der Waals surface area (Å²) in [6.07, 6.45) is 3.21. The van der Waals surface area contributed by atoms with Gasteiger partial charge in [-0.1, -0.05) is 6.07 Å². The van der Waals surface area contributed by atoms with E-state index in [2.05, 4.69) is 6.07 Å². The minimum Gasteiger partial charge on any atom is -0.633 e. The molecule has 5 aliphatic rings. The summed E-state index contributed by atoms with van der Waals surface area (Å²) >= 11 is 0. The zero-order chi connectivity index (χ0) is 17.7. The van der Waals surface area contributed by atoms with E-state index in [1.54, 1.807) is 7.11 Å². The second kappa shape index (κ2) is 4.73. The van der Waals surface area contributed by atoms with Crippen LogP contribution in [0.5, 0.6) is 11.5 Å². The fourth-order valence-corrected chi connectivity index (χ4v) is 6.78. The first-order valence-corrected chi connectivity index (χ1v) is 9.73. The summed E-state index contributed by atoms with van der Waals surface area (Å²) in [5.41, 5.74) is 2.34. The fraction of sp³-hybridized carbons (Fsp3) is 0.700. The van der Waals surface area contributed by atoms with E-state index in [1.165, 1.54) is 11.1 Å². The van der Waals surface area contributed by atoms with Gasteiger partial charge >= 0.3 is 0 Å². The molecule has 2 saturated heterocycles. The Morgan fingerprint density at radius 3 is 2.81 bits per heavy atom. The molecule has 1 aromatic rings. The molecule has 140 valence electrons. The van der Waals surface area contributed by atoms with E-state index < -0.39 is 5.79 Å². The van der Waals surface area contributed by atoms with Crippen molar-refractivity contribution < 1.29 is 23.6 Å². The Labute approximate surface area is 153 Å². The molecule has 0 amide bonds. The van der Waals surface area contributed by atoms with Crippen molar-refractivity contribution in [1.82, 2.24) is 0 Å². The topological polar surface area (TPSA) is 60.0 Å². The maximum Gasteiger partial charge on any atom is 0.206 e. The van der Waals surface area contributed by atoms with Crippen molar-refractivity contribution in [2.24, 2.45) is 5.92 Å². The summed E-state index contributed by atoms with van der Waals surface area (Å²) in [5.74, 6) is 1.27. The number of hydroxylamine groups is 3. The van der Waals surface area contributed by atoms with Crippen LogP contribution < -0.4 is 9.47 Å². The second-order valence-corrected chi connectivity index (χ2v) is 8.74. The van der Waals surface area contributed by atoms with Crippen LogP contribution in [0.4, 0.5) is 0 Å². The van der Waals surface area contributed by atoms with Crippen LogP contribution in [0, 0.1) is 11.1 Å². The molecule has 0 radical (unpaired) electrons. The van der Waals surface area contributed by atoms with Gasteiger partial charge in [-0.3, -0.25) is 0 Å². The van der Waals surface area contributed by atoms with E-state index in [4.69, 9.17) is 18.9 Å². The predicted octanol–water partition coefficient (Wildman–Crippen LogP) is 2.12. The van der Waals surface area contributed by atoms with E-state index in [0.29, 0.717) is 25.7 Å². The molecule has 6 heteroatoms. The fourth-order valence-electron chi connectivity index (χ4n) is 6.78. The van der Waals surface area contributed by atoms with Gasteiger partial charge in [-0.25, -0.2) is 0 Å². The summed E-state index contributed by atoms with van der Waals surface area (Å²) in [4.78, 5) is 0. The number of nitrogens with zero attached hydrogens (tertiary/aromatic N) is 1. The highest BCUT2D eigenvalue weighted by molar-refractivity contribution is 5.61. The minimum atomic E-state index is -0.677. The number of ether oxygens (including phenoxy) is 4. The van der Waals surface area contributed by atoms with Crippen LogP contribution in [-0.2, 0) is 21.3 Å². The van der Waals surface area contributed by atoms with Crippen molar-refractivity contribution in [2.45, 2.75) is 49.0 Å². The lowest BCUT2D eigenvalue weighted by Crippen LogP contribution is -2.73. The zero-order valence-corrected chi connectivity index (χ0v) is 15.3. The number of likely N-dealkylation sites (tertiary alicyclic amines) is 1. The average Bonchev–Trinajstić information content (AvgIpc) is 3.23. The Hall–Kier alpha value is -1.34. The molecule has 0 N–H and O–H groups in total. The zero-order valence-electron chi connectivity index (χ0n) is 15.3. The molecule has 1 saturated carbocycles. The van der Waals surface area contributed by atoms with Gasteiger partial charge in [-0.05, 0) is 18.1 Å². The van der Waals surface area contributed by atoms with Crippen molar-refractivity contribution >= 4 is 0 Å². The number of quaternary nitrogens is 1. The van der Waals surface area contributed by atoms with Crippen LogP contribution in [0.2, 0.25) is 0 Å². The molecule has 6 nitrogen and oxygen atoms in total. The number of piperidine rings is 1. The number of methoxy groups -OCH3 is 1. The van der Waals surface area contributed by atoms with E-state index in [-0.39, 0.29) is 22.2 Å². The molecule has 3 heterocycles. The molecule has 26 heavy (non-hydrogen) atoms. The molecule has 5 atom stereocenters. The minimum absolute atomic E-state index is 0.0837. The van der Waals surface area contributed by atoms with Crippen LogP contribution in [-0.4, -0.2) is 56.5 Å². The molecular weight excluding hydrogens is 334 g/mol. The Morgan fingerprint density at radius 2 is 2.04 bits per heavy atom. The van der Waals surface area contributed by atoms with Crippen LogP contribution in [0.3, 0.4) is 0 Å². The Balaban J connectivity index is 1.62. The van der Waals surface area contributed by atoms with Gasteiger partial charge in [0.05, 0.1) is 45.4 Å². The SMILES string of the molecule is COc1ccc2c3c1O[C@H]1C4(CCC5[C@@H](C2)[N+](C)([O-])CC[C@@]351)OCCO4. The van der Waals surface area contributed by atoms with Gasteiger partial charge in [0, 0.05) is 30.7 Å². The normalized spacial score (nSPS) is 43.9. The van der Waals surface area contributed by atoms with Gasteiger partial charge in [-0.15, -0.1) is 0 Å².